The number of fused-ring (bicyclic) bond motifs is 1. The second-order valence-corrected chi connectivity index (χ2v) is 9.33. The molecule has 7 atom stereocenters. The maximum Gasteiger partial charge on any atom is 0.329 e. The van der Waals surface area contributed by atoms with Gasteiger partial charge in [-0.1, -0.05) is 30.4 Å². The highest BCUT2D eigenvalue weighted by molar-refractivity contribution is 5.67. The van der Waals surface area contributed by atoms with Crippen LogP contribution in [0, 0.1) is 41.4 Å². The van der Waals surface area contributed by atoms with Crippen molar-refractivity contribution in [1.82, 2.24) is 0 Å². The highest BCUT2D eigenvalue weighted by atomic mass is 16.5. The quantitative estimate of drug-likeness (QED) is 0.293. The summed E-state index contributed by atoms with van der Waals surface area (Å²) < 4.78 is 5.17. The summed E-state index contributed by atoms with van der Waals surface area (Å²) in [6, 6.07) is 0. The van der Waals surface area contributed by atoms with E-state index in [1.165, 1.54) is 5.57 Å². The Morgan fingerprint density at radius 3 is 2.72 bits per heavy atom. The Morgan fingerprint density at radius 2 is 2.03 bits per heavy atom. The first-order valence-electron chi connectivity index (χ1n) is 11.1. The number of hydrogen-bond acceptors (Lipinski definition) is 4. The van der Waals surface area contributed by atoms with Gasteiger partial charge in [0.15, 0.2) is 0 Å². The fourth-order valence-electron chi connectivity index (χ4n) is 4.98. The molecule has 5 nitrogen and oxygen atoms in total. The first-order chi connectivity index (χ1) is 13.8. The number of hydrogen-bond donors (Lipinski definition) is 3. The summed E-state index contributed by atoms with van der Waals surface area (Å²) in [7, 11) is 0. The third kappa shape index (κ3) is 8.12. The third-order valence-electron chi connectivity index (χ3n) is 6.42. The number of allylic oxidation sites excluding steroid dienone is 2. The minimum Gasteiger partial charge on any atom is -0.480 e. The molecule has 164 valence electrons. The Kier molecular flexibility index (Phi) is 9.68. The topological polar surface area (TPSA) is 87.0 Å². The molecular formula is C24H38O5. The summed E-state index contributed by atoms with van der Waals surface area (Å²) in [5, 5.41) is 29.4. The number of carbonyl (C=O) groups is 1. The Morgan fingerprint density at radius 1 is 1.28 bits per heavy atom. The molecule has 0 aromatic carbocycles. The molecule has 2 rings (SSSR count). The fourth-order valence-corrected chi connectivity index (χ4v) is 4.98. The molecule has 2 saturated carbocycles. The Bertz CT molecular complexity index is 612. The summed E-state index contributed by atoms with van der Waals surface area (Å²) >= 11 is 0. The molecule has 5 heteroatoms. The van der Waals surface area contributed by atoms with Crippen LogP contribution in [0.25, 0.3) is 0 Å². The molecule has 2 fully saturated rings. The predicted octanol–water partition coefficient (Wildman–Crippen LogP) is 3.64. The number of rotatable bonds is 10. The molecule has 0 saturated heterocycles. The van der Waals surface area contributed by atoms with E-state index < -0.39 is 18.2 Å². The van der Waals surface area contributed by atoms with Crippen LogP contribution in [0.5, 0.6) is 0 Å². The van der Waals surface area contributed by atoms with Crippen molar-refractivity contribution in [2.24, 2.45) is 29.6 Å². The lowest BCUT2D eigenvalue weighted by atomic mass is 9.90. The van der Waals surface area contributed by atoms with Crippen molar-refractivity contribution in [3.8, 4) is 11.8 Å². The van der Waals surface area contributed by atoms with E-state index in [4.69, 9.17) is 9.84 Å². The van der Waals surface area contributed by atoms with Gasteiger partial charge in [0.25, 0.3) is 0 Å². The van der Waals surface area contributed by atoms with Crippen LogP contribution < -0.4 is 0 Å². The van der Waals surface area contributed by atoms with E-state index in [2.05, 4.69) is 38.7 Å². The van der Waals surface area contributed by atoms with Crippen molar-refractivity contribution >= 4 is 5.97 Å². The summed E-state index contributed by atoms with van der Waals surface area (Å²) in [5.74, 6) is 7.03. The van der Waals surface area contributed by atoms with Crippen LogP contribution in [-0.2, 0) is 9.53 Å². The van der Waals surface area contributed by atoms with Gasteiger partial charge in [-0.2, -0.15) is 0 Å². The maximum atomic E-state index is 10.5. The van der Waals surface area contributed by atoms with Gasteiger partial charge >= 0.3 is 5.97 Å². The molecule has 3 unspecified atom stereocenters. The number of aliphatic carboxylic acids is 1. The summed E-state index contributed by atoms with van der Waals surface area (Å²) in [5.41, 5.74) is 1.32. The molecule has 0 aromatic rings. The highest BCUT2D eigenvalue weighted by Gasteiger charge is 2.47. The van der Waals surface area contributed by atoms with Crippen LogP contribution in [0.3, 0.4) is 0 Å². The average Bonchev–Trinajstić information content (AvgIpc) is 3.13. The Hall–Kier alpha value is -1.35. The molecule has 2 aliphatic carbocycles. The minimum absolute atomic E-state index is 0.0550. The van der Waals surface area contributed by atoms with Crippen LogP contribution in [0.1, 0.15) is 65.7 Å². The molecular weight excluding hydrogens is 368 g/mol. The molecule has 0 bridgehead atoms. The number of ether oxygens (including phenoxy) is 1. The standard InChI is InChI=1S/C24H38O5/c1-16(2)5-4-6-17(3)11-20(25)7-8-21-22-13-18(9-10-29-15-24(27)28)12-19(22)14-23(21)26/h5,17-23,25-26H,4,6,9-15H2,1-3H3,(H,27,28)/t17?,18?,19-,20?,21-,22-,23-/m1/s1. The minimum atomic E-state index is -0.934. The Labute approximate surface area is 175 Å². The zero-order chi connectivity index (χ0) is 21.4. The molecule has 2 aliphatic rings. The largest absolute Gasteiger partial charge is 0.480 e. The zero-order valence-electron chi connectivity index (χ0n) is 18.1. The van der Waals surface area contributed by atoms with Crippen LogP contribution in [0.4, 0.5) is 0 Å². The van der Waals surface area contributed by atoms with Gasteiger partial charge in [0, 0.05) is 12.5 Å². The number of carboxylic acids is 1. The zero-order valence-corrected chi connectivity index (χ0v) is 18.1. The van der Waals surface area contributed by atoms with E-state index in [-0.39, 0.29) is 12.5 Å². The van der Waals surface area contributed by atoms with E-state index in [1.807, 2.05) is 0 Å². The van der Waals surface area contributed by atoms with E-state index in [1.54, 1.807) is 0 Å². The molecule has 0 amide bonds. The van der Waals surface area contributed by atoms with Crippen molar-refractivity contribution in [2.45, 2.75) is 77.9 Å². The monoisotopic (exact) mass is 406 g/mol. The second-order valence-electron chi connectivity index (χ2n) is 9.33. The lowest BCUT2D eigenvalue weighted by molar-refractivity contribution is -0.142. The normalized spacial score (nSPS) is 30.2. The lowest BCUT2D eigenvalue weighted by Crippen LogP contribution is -2.19. The number of aliphatic hydroxyl groups is 2. The van der Waals surface area contributed by atoms with Crippen LogP contribution in [-0.4, -0.2) is 46.7 Å². The van der Waals surface area contributed by atoms with Crippen molar-refractivity contribution in [2.75, 3.05) is 13.2 Å². The molecule has 0 aromatic heterocycles. The summed E-state index contributed by atoms with van der Waals surface area (Å²) in [6.07, 6.45) is 7.66. The number of carboxylic acid groups (broad SMARTS) is 1. The SMILES string of the molecule is CC(C)=CCCC(C)CC(O)C#C[C@@H]1[C@@H]2CC(CCOCC(=O)O)C[C@@H]2C[C@H]1O. The molecule has 0 radical (unpaired) electrons. The van der Waals surface area contributed by atoms with Crippen LogP contribution in [0.15, 0.2) is 11.6 Å². The van der Waals surface area contributed by atoms with Crippen molar-refractivity contribution in [3.05, 3.63) is 11.6 Å². The van der Waals surface area contributed by atoms with Crippen LogP contribution >= 0.6 is 0 Å². The first-order valence-corrected chi connectivity index (χ1v) is 11.1. The van der Waals surface area contributed by atoms with E-state index >= 15 is 0 Å². The van der Waals surface area contributed by atoms with Gasteiger partial charge in [-0.05, 0) is 82.5 Å². The molecule has 3 N–H and O–H groups in total. The van der Waals surface area contributed by atoms with E-state index in [0.717, 1.165) is 38.5 Å². The fraction of sp³-hybridized carbons (Fsp3) is 0.792. The highest BCUT2D eigenvalue weighted by Crippen LogP contribution is 2.50. The van der Waals surface area contributed by atoms with Gasteiger partial charge in [-0.15, -0.1) is 0 Å². The van der Waals surface area contributed by atoms with Gasteiger partial charge in [0.1, 0.15) is 12.7 Å². The van der Waals surface area contributed by atoms with Crippen molar-refractivity contribution < 1.29 is 24.9 Å². The lowest BCUT2D eigenvalue weighted by Gasteiger charge is -2.17. The smallest absolute Gasteiger partial charge is 0.329 e. The molecule has 0 heterocycles. The van der Waals surface area contributed by atoms with Gasteiger partial charge in [-0.25, -0.2) is 4.79 Å². The van der Waals surface area contributed by atoms with E-state index in [9.17, 15) is 15.0 Å². The summed E-state index contributed by atoms with van der Waals surface area (Å²) in [4.78, 5) is 10.5. The maximum absolute atomic E-state index is 10.5. The van der Waals surface area contributed by atoms with E-state index in [0.29, 0.717) is 36.7 Å². The van der Waals surface area contributed by atoms with Crippen LogP contribution in [0.2, 0.25) is 0 Å². The third-order valence-corrected chi connectivity index (χ3v) is 6.42. The Balaban J connectivity index is 1.78. The first kappa shape index (κ1) is 23.9. The van der Waals surface area contributed by atoms with Gasteiger partial charge in [0.05, 0.1) is 6.10 Å². The number of aliphatic hydroxyl groups excluding tert-OH is 2. The van der Waals surface area contributed by atoms with Crippen molar-refractivity contribution in [1.29, 1.82) is 0 Å². The molecule has 0 aliphatic heterocycles. The summed E-state index contributed by atoms with van der Waals surface area (Å²) in [6.45, 7) is 6.58. The van der Waals surface area contributed by atoms with Gasteiger partial charge in [0.2, 0.25) is 0 Å². The second kappa shape index (κ2) is 11.7. The van der Waals surface area contributed by atoms with Gasteiger partial charge in [-0.3, -0.25) is 0 Å². The molecule has 0 spiro atoms. The predicted molar refractivity (Wildman–Crippen MR) is 113 cm³/mol. The van der Waals surface area contributed by atoms with Gasteiger partial charge < -0.3 is 20.1 Å². The average molecular weight is 407 g/mol. The van der Waals surface area contributed by atoms with Crippen molar-refractivity contribution in [3.63, 3.8) is 0 Å². The molecule has 29 heavy (non-hydrogen) atoms.